The fourth-order valence-electron chi connectivity index (χ4n) is 1.79. The number of carboxylic acid groups (broad SMARTS) is 1. The molecule has 23 heavy (non-hydrogen) atoms. The molecule has 4 nitrogen and oxygen atoms in total. The van der Waals surface area contributed by atoms with Gasteiger partial charge in [-0.1, -0.05) is 34.1 Å². The van der Waals surface area contributed by atoms with E-state index in [0.29, 0.717) is 11.3 Å². The highest BCUT2D eigenvalue weighted by molar-refractivity contribution is 9.10. The molecule has 0 bridgehead atoms. The third kappa shape index (κ3) is 5.07. The monoisotopic (exact) mass is 374 g/mol. The fourth-order valence-corrected chi connectivity index (χ4v) is 2.06. The number of carboxylic acids is 1. The number of hydrogen-bond acceptors (Lipinski definition) is 3. The fraction of sp³-hybridized carbons (Fsp3) is 0.111. The summed E-state index contributed by atoms with van der Waals surface area (Å²) in [4.78, 5) is 22.8. The van der Waals surface area contributed by atoms with E-state index in [9.17, 15) is 9.59 Å². The molecule has 0 radical (unpaired) electrons. The lowest BCUT2D eigenvalue weighted by atomic mass is 10.1. The highest BCUT2D eigenvalue weighted by Crippen LogP contribution is 2.16. The van der Waals surface area contributed by atoms with Crippen LogP contribution in [0.4, 0.5) is 0 Å². The molecule has 0 heterocycles. The molecule has 1 atom stereocenters. The minimum Gasteiger partial charge on any atom is -0.479 e. The topological polar surface area (TPSA) is 63.6 Å². The van der Waals surface area contributed by atoms with Crippen molar-refractivity contribution in [1.29, 1.82) is 0 Å². The Morgan fingerprint density at radius 2 is 1.70 bits per heavy atom. The van der Waals surface area contributed by atoms with Gasteiger partial charge in [0.15, 0.2) is 11.9 Å². The summed E-state index contributed by atoms with van der Waals surface area (Å²) in [6.07, 6.45) is 2.30. The molecule has 0 aliphatic rings. The molecule has 2 aromatic rings. The molecule has 0 aliphatic heterocycles. The van der Waals surface area contributed by atoms with Crippen LogP contribution in [0.2, 0.25) is 0 Å². The number of hydrogen-bond donors (Lipinski definition) is 1. The summed E-state index contributed by atoms with van der Waals surface area (Å²) in [6.45, 7) is 1.45. The van der Waals surface area contributed by atoms with Crippen LogP contribution in [0.25, 0.3) is 6.08 Å². The maximum Gasteiger partial charge on any atom is 0.344 e. The van der Waals surface area contributed by atoms with Gasteiger partial charge < -0.3 is 9.84 Å². The Kier molecular flexibility index (Phi) is 5.71. The van der Waals surface area contributed by atoms with E-state index in [2.05, 4.69) is 15.9 Å². The first-order valence-electron chi connectivity index (χ1n) is 6.93. The van der Waals surface area contributed by atoms with Crippen molar-refractivity contribution in [3.05, 3.63) is 70.2 Å². The average molecular weight is 375 g/mol. The number of ether oxygens (including phenoxy) is 1. The zero-order valence-corrected chi connectivity index (χ0v) is 14.0. The van der Waals surface area contributed by atoms with Gasteiger partial charge in [0.2, 0.25) is 0 Å². The van der Waals surface area contributed by atoms with Gasteiger partial charge in [-0.05, 0) is 55.0 Å². The normalized spacial score (nSPS) is 12.1. The van der Waals surface area contributed by atoms with Gasteiger partial charge >= 0.3 is 5.97 Å². The summed E-state index contributed by atoms with van der Waals surface area (Å²) >= 11 is 3.36. The van der Waals surface area contributed by atoms with Gasteiger partial charge in [-0.25, -0.2) is 4.79 Å². The number of benzene rings is 2. The lowest BCUT2D eigenvalue weighted by molar-refractivity contribution is -0.144. The first-order chi connectivity index (χ1) is 11.0. The molecule has 0 saturated heterocycles. The van der Waals surface area contributed by atoms with E-state index < -0.39 is 12.1 Å². The summed E-state index contributed by atoms with van der Waals surface area (Å²) in [5, 5.41) is 8.79. The van der Waals surface area contributed by atoms with Gasteiger partial charge in [-0.15, -0.1) is 0 Å². The summed E-state index contributed by atoms with van der Waals surface area (Å²) in [5.41, 5.74) is 1.44. The van der Waals surface area contributed by atoms with Gasteiger partial charge in [0.25, 0.3) is 0 Å². The maximum absolute atomic E-state index is 12.1. The quantitative estimate of drug-likeness (QED) is 0.607. The molecule has 0 unspecified atom stereocenters. The molecule has 0 amide bonds. The predicted molar refractivity (Wildman–Crippen MR) is 91.7 cm³/mol. The third-order valence-electron chi connectivity index (χ3n) is 3.10. The Bertz CT molecular complexity index is 718. The number of halogens is 1. The number of aliphatic carboxylic acids is 1. The van der Waals surface area contributed by atoms with Crippen LogP contribution in [-0.4, -0.2) is 23.0 Å². The van der Waals surface area contributed by atoms with E-state index in [1.165, 1.54) is 13.0 Å². The molecule has 0 spiro atoms. The van der Waals surface area contributed by atoms with Crippen LogP contribution >= 0.6 is 15.9 Å². The van der Waals surface area contributed by atoms with Crippen LogP contribution in [0.3, 0.4) is 0 Å². The van der Waals surface area contributed by atoms with Crippen LogP contribution in [0.15, 0.2) is 59.1 Å². The van der Waals surface area contributed by atoms with Gasteiger partial charge in [0.05, 0.1) is 0 Å². The van der Waals surface area contributed by atoms with Crippen molar-refractivity contribution in [2.24, 2.45) is 0 Å². The lowest BCUT2D eigenvalue weighted by Gasteiger charge is -2.10. The second-order valence-electron chi connectivity index (χ2n) is 4.87. The van der Waals surface area contributed by atoms with Crippen molar-refractivity contribution in [1.82, 2.24) is 0 Å². The second kappa shape index (κ2) is 7.74. The highest BCUT2D eigenvalue weighted by atomic mass is 79.9. The van der Waals surface area contributed by atoms with Crippen LogP contribution in [-0.2, 0) is 4.79 Å². The van der Waals surface area contributed by atoms with Gasteiger partial charge in [0, 0.05) is 10.0 Å². The largest absolute Gasteiger partial charge is 0.479 e. The van der Waals surface area contributed by atoms with E-state index >= 15 is 0 Å². The zero-order chi connectivity index (χ0) is 16.8. The smallest absolute Gasteiger partial charge is 0.344 e. The third-order valence-corrected chi connectivity index (χ3v) is 3.63. The average Bonchev–Trinajstić information content (AvgIpc) is 2.54. The van der Waals surface area contributed by atoms with Crippen molar-refractivity contribution in [3.8, 4) is 5.75 Å². The number of rotatable bonds is 6. The molecular formula is C18H15BrO4. The SMILES string of the molecule is C[C@@H](Oc1ccc(C(=O)/C=C/c2ccc(Br)cc2)cc1)C(=O)O. The molecule has 0 aromatic heterocycles. The van der Waals surface area contributed by atoms with Crippen molar-refractivity contribution < 1.29 is 19.4 Å². The van der Waals surface area contributed by atoms with Crippen molar-refractivity contribution in [2.45, 2.75) is 13.0 Å². The van der Waals surface area contributed by atoms with Crippen molar-refractivity contribution in [2.75, 3.05) is 0 Å². The molecule has 0 fully saturated rings. The van der Waals surface area contributed by atoms with E-state index in [1.54, 1.807) is 30.3 Å². The van der Waals surface area contributed by atoms with Gasteiger partial charge in [-0.2, -0.15) is 0 Å². The molecule has 2 rings (SSSR count). The molecule has 0 aliphatic carbocycles. The predicted octanol–water partition coefficient (Wildman–Crippen LogP) is 4.20. The highest BCUT2D eigenvalue weighted by Gasteiger charge is 2.12. The number of carbonyl (C=O) groups excluding carboxylic acids is 1. The molecule has 118 valence electrons. The van der Waals surface area contributed by atoms with Crippen molar-refractivity contribution in [3.63, 3.8) is 0 Å². The van der Waals surface area contributed by atoms with Crippen LogP contribution in [0.1, 0.15) is 22.8 Å². The number of allylic oxidation sites excluding steroid dienone is 1. The van der Waals surface area contributed by atoms with E-state index in [4.69, 9.17) is 9.84 Å². The Morgan fingerprint density at radius 3 is 2.26 bits per heavy atom. The molecular weight excluding hydrogens is 360 g/mol. The summed E-state index contributed by atoms with van der Waals surface area (Å²) < 4.78 is 6.20. The maximum atomic E-state index is 12.1. The van der Waals surface area contributed by atoms with Crippen LogP contribution < -0.4 is 4.74 Å². The Labute approximate surface area is 142 Å². The van der Waals surface area contributed by atoms with E-state index in [1.807, 2.05) is 24.3 Å². The first-order valence-corrected chi connectivity index (χ1v) is 7.72. The second-order valence-corrected chi connectivity index (χ2v) is 5.79. The zero-order valence-electron chi connectivity index (χ0n) is 12.4. The Balaban J connectivity index is 2.02. The number of carbonyl (C=O) groups is 2. The molecule has 0 saturated carbocycles. The minimum absolute atomic E-state index is 0.134. The van der Waals surface area contributed by atoms with E-state index in [-0.39, 0.29) is 5.78 Å². The lowest BCUT2D eigenvalue weighted by Crippen LogP contribution is -2.22. The van der Waals surface area contributed by atoms with Crippen LogP contribution in [0.5, 0.6) is 5.75 Å². The molecule has 5 heteroatoms. The minimum atomic E-state index is -1.04. The molecule has 2 aromatic carbocycles. The summed E-state index contributed by atoms with van der Waals surface area (Å²) in [7, 11) is 0. The standard InChI is InChI=1S/C18H15BrO4/c1-12(18(21)22)23-16-9-5-14(6-10-16)17(20)11-4-13-2-7-15(19)8-3-13/h2-12H,1H3,(H,21,22)/b11-4+/t12-/m1/s1. The van der Waals surface area contributed by atoms with Crippen molar-refractivity contribution >= 4 is 33.8 Å². The Hall–Kier alpha value is -2.40. The van der Waals surface area contributed by atoms with Gasteiger partial charge in [0.1, 0.15) is 5.75 Å². The number of ketones is 1. The summed E-state index contributed by atoms with van der Waals surface area (Å²) in [6, 6.07) is 14.0. The van der Waals surface area contributed by atoms with Crippen LogP contribution in [0, 0.1) is 0 Å². The molecule has 1 N–H and O–H groups in total. The first kappa shape index (κ1) is 17.0. The Morgan fingerprint density at radius 1 is 1.09 bits per heavy atom. The van der Waals surface area contributed by atoms with E-state index in [0.717, 1.165) is 10.0 Å². The summed E-state index contributed by atoms with van der Waals surface area (Å²) in [5.74, 6) is -0.762. The van der Waals surface area contributed by atoms with Gasteiger partial charge in [-0.3, -0.25) is 4.79 Å².